The van der Waals surface area contributed by atoms with E-state index in [0.717, 1.165) is 21.2 Å². The maximum absolute atomic E-state index is 12.2. The Morgan fingerprint density at radius 3 is 2.72 bits per heavy atom. The summed E-state index contributed by atoms with van der Waals surface area (Å²) in [5, 5.41) is 0. The van der Waals surface area contributed by atoms with E-state index in [1.54, 1.807) is 6.08 Å². The number of esters is 1. The summed E-state index contributed by atoms with van der Waals surface area (Å²) in [4.78, 5) is 16.5. The second-order valence-electron chi connectivity index (χ2n) is 5.60. The molecule has 4 nitrogen and oxygen atoms in total. The van der Waals surface area contributed by atoms with Crippen LogP contribution in [0.3, 0.4) is 0 Å². The minimum Gasteiger partial charge on any atom is -0.489 e. The fourth-order valence-corrected chi connectivity index (χ4v) is 2.69. The number of rotatable bonds is 5. The Morgan fingerprint density at radius 1 is 1.24 bits per heavy atom. The second kappa shape index (κ2) is 7.49. The molecule has 0 radical (unpaired) electrons. The van der Waals surface area contributed by atoms with Gasteiger partial charge in [-0.1, -0.05) is 36.9 Å². The fourth-order valence-electron chi connectivity index (χ4n) is 2.24. The Balaban J connectivity index is 1.93. The van der Waals surface area contributed by atoms with Crippen molar-refractivity contribution < 1.29 is 14.3 Å². The van der Waals surface area contributed by atoms with Crippen molar-refractivity contribution in [3.63, 3.8) is 0 Å². The van der Waals surface area contributed by atoms with Gasteiger partial charge in [-0.3, -0.25) is 0 Å². The molecule has 0 spiro atoms. The van der Waals surface area contributed by atoms with Crippen molar-refractivity contribution in [2.24, 2.45) is 4.99 Å². The van der Waals surface area contributed by atoms with E-state index in [0.29, 0.717) is 12.4 Å². The average molecular weight is 398 g/mol. The maximum Gasteiger partial charge on any atom is 0.363 e. The number of hydrogen-bond acceptors (Lipinski definition) is 4. The number of carbonyl (C=O) groups excluding carboxylic acids is 1. The molecule has 0 atom stereocenters. The number of halogens is 1. The standard InChI is InChI=1S/C20H16BrNO3/c1-13(2)12-24-18-10-6-3-7-14(18)11-17-20(23)25-19(22-17)15-8-4-5-9-16(15)21/h3-11H,1,12H2,2H3/b17-11-. The summed E-state index contributed by atoms with van der Waals surface area (Å²) in [5.74, 6) is 0.458. The SMILES string of the molecule is C=C(C)COc1ccccc1/C=C1\N=C(c2ccccc2Br)OC1=O. The second-order valence-corrected chi connectivity index (χ2v) is 6.45. The summed E-state index contributed by atoms with van der Waals surface area (Å²) in [6.07, 6.45) is 1.67. The van der Waals surface area contributed by atoms with Crippen LogP contribution in [0, 0.1) is 0 Å². The molecule has 3 rings (SSSR count). The van der Waals surface area contributed by atoms with Gasteiger partial charge in [0.05, 0.1) is 5.56 Å². The van der Waals surface area contributed by atoms with Crippen molar-refractivity contribution in [2.45, 2.75) is 6.92 Å². The molecule has 1 aliphatic rings. The normalized spacial score (nSPS) is 15.0. The first-order chi connectivity index (χ1) is 12.0. The molecule has 0 unspecified atom stereocenters. The van der Waals surface area contributed by atoms with E-state index in [1.807, 2.05) is 55.5 Å². The number of nitrogens with zero attached hydrogens (tertiary/aromatic N) is 1. The molecule has 0 saturated heterocycles. The molecule has 0 aliphatic carbocycles. The highest BCUT2D eigenvalue weighted by Crippen LogP contribution is 2.26. The van der Waals surface area contributed by atoms with Crippen LogP contribution >= 0.6 is 15.9 Å². The van der Waals surface area contributed by atoms with Gasteiger partial charge in [0, 0.05) is 10.0 Å². The summed E-state index contributed by atoms with van der Waals surface area (Å²) >= 11 is 3.44. The van der Waals surface area contributed by atoms with Crippen LogP contribution in [0.5, 0.6) is 5.75 Å². The van der Waals surface area contributed by atoms with Gasteiger partial charge in [0.1, 0.15) is 12.4 Å². The van der Waals surface area contributed by atoms with Gasteiger partial charge < -0.3 is 9.47 Å². The molecule has 126 valence electrons. The van der Waals surface area contributed by atoms with E-state index in [2.05, 4.69) is 27.5 Å². The number of aliphatic imine (C=N–C) groups is 1. The molecule has 25 heavy (non-hydrogen) atoms. The number of cyclic esters (lactones) is 1. The molecule has 0 bridgehead atoms. The topological polar surface area (TPSA) is 47.9 Å². The molecule has 5 heteroatoms. The predicted molar refractivity (Wildman–Crippen MR) is 101 cm³/mol. The molecule has 0 aromatic heterocycles. The van der Waals surface area contributed by atoms with E-state index >= 15 is 0 Å². The van der Waals surface area contributed by atoms with Crippen LogP contribution in [0.1, 0.15) is 18.1 Å². The van der Waals surface area contributed by atoms with Crippen molar-refractivity contribution in [3.05, 3.63) is 82.0 Å². The minimum absolute atomic E-state index is 0.233. The Bertz CT molecular complexity index is 899. The largest absolute Gasteiger partial charge is 0.489 e. The number of carbonyl (C=O) groups is 1. The van der Waals surface area contributed by atoms with Gasteiger partial charge in [-0.05, 0) is 52.7 Å². The van der Waals surface area contributed by atoms with Crippen LogP contribution in [-0.4, -0.2) is 18.5 Å². The number of hydrogen-bond donors (Lipinski definition) is 0. The highest BCUT2D eigenvalue weighted by Gasteiger charge is 2.25. The summed E-state index contributed by atoms with van der Waals surface area (Å²) < 4.78 is 11.8. The summed E-state index contributed by atoms with van der Waals surface area (Å²) in [6.45, 7) is 6.13. The van der Waals surface area contributed by atoms with E-state index < -0.39 is 5.97 Å². The molecule has 0 saturated carbocycles. The number of para-hydroxylation sites is 1. The van der Waals surface area contributed by atoms with E-state index in [9.17, 15) is 4.79 Å². The third-order valence-electron chi connectivity index (χ3n) is 3.41. The van der Waals surface area contributed by atoms with E-state index in [4.69, 9.17) is 9.47 Å². The van der Waals surface area contributed by atoms with Crippen molar-refractivity contribution in [1.29, 1.82) is 0 Å². The summed E-state index contributed by atoms with van der Waals surface area (Å²) in [7, 11) is 0. The van der Waals surface area contributed by atoms with Crippen LogP contribution in [0.15, 0.2) is 75.8 Å². The first-order valence-electron chi connectivity index (χ1n) is 7.68. The predicted octanol–water partition coefficient (Wildman–Crippen LogP) is 4.75. The third kappa shape index (κ3) is 4.06. The Kier molecular flexibility index (Phi) is 5.14. The monoisotopic (exact) mass is 397 g/mol. The van der Waals surface area contributed by atoms with Crippen LogP contribution in [0.25, 0.3) is 6.08 Å². The van der Waals surface area contributed by atoms with E-state index in [-0.39, 0.29) is 11.6 Å². The molecule has 1 heterocycles. The van der Waals surface area contributed by atoms with Crippen LogP contribution < -0.4 is 4.74 Å². The quantitative estimate of drug-likeness (QED) is 0.415. The molecule has 2 aromatic carbocycles. The zero-order valence-corrected chi connectivity index (χ0v) is 15.2. The van der Waals surface area contributed by atoms with Crippen molar-refractivity contribution >= 4 is 33.9 Å². The zero-order chi connectivity index (χ0) is 17.8. The molecular weight excluding hydrogens is 382 g/mol. The van der Waals surface area contributed by atoms with Crippen molar-refractivity contribution in [1.82, 2.24) is 0 Å². The first kappa shape index (κ1) is 17.2. The fraction of sp³-hybridized carbons (Fsp3) is 0.100. The Morgan fingerprint density at radius 2 is 1.96 bits per heavy atom. The number of ether oxygens (including phenoxy) is 2. The highest BCUT2D eigenvalue weighted by molar-refractivity contribution is 9.10. The summed E-state index contributed by atoms with van der Waals surface area (Å²) in [6, 6.07) is 14.9. The van der Waals surface area contributed by atoms with Gasteiger partial charge in [0.2, 0.25) is 5.90 Å². The van der Waals surface area contributed by atoms with Gasteiger partial charge in [0.25, 0.3) is 0 Å². The van der Waals surface area contributed by atoms with Crippen LogP contribution in [0.4, 0.5) is 0 Å². The van der Waals surface area contributed by atoms with Gasteiger partial charge in [0.15, 0.2) is 5.70 Å². The molecule has 0 amide bonds. The molecular formula is C20H16BrNO3. The Hall–Kier alpha value is -2.66. The lowest BCUT2D eigenvalue weighted by Crippen LogP contribution is -2.06. The lowest BCUT2D eigenvalue weighted by atomic mass is 10.1. The van der Waals surface area contributed by atoms with Crippen molar-refractivity contribution in [3.8, 4) is 5.75 Å². The minimum atomic E-state index is -0.486. The number of benzene rings is 2. The maximum atomic E-state index is 12.2. The molecule has 1 aliphatic heterocycles. The molecule has 2 aromatic rings. The van der Waals surface area contributed by atoms with Crippen LogP contribution in [0.2, 0.25) is 0 Å². The summed E-state index contributed by atoms with van der Waals surface area (Å²) in [5.41, 5.74) is 2.63. The van der Waals surface area contributed by atoms with E-state index in [1.165, 1.54) is 0 Å². The van der Waals surface area contributed by atoms with Crippen LogP contribution in [-0.2, 0) is 9.53 Å². The van der Waals surface area contributed by atoms with Gasteiger partial charge in [-0.15, -0.1) is 0 Å². The zero-order valence-electron chi connectivity index (χ0n) is 13.7. The highest BCUT2D eigenvalue weighted by atomic mass is 79.9. The first-order valence-corrected chi connectivity index (χ1v) is 8.47. The Labute approximate surface area is 154 Å². The lowest BCUT2D eigenvalue weighted by molar-refractivity contribution is -0.129. The average Bonchev–Trinajstić information content (AvgIpc) is 2.95. The molecule has 0 N–H and O–H groups in total. The third-order valence-corrected chi connectivity index (χ3v) is 4.10. The lowest BCUT2D eigenvalue weighted by Gasteiger charge is -2.08. The van der Waals surface area contributed by atoms with Gasteiger partial charge in [-0.25, -0.2) is 9.79 Å². The van der Waals surface area contributed by atoms with Gasteiger partial charge >= 0.3 is 5.97 Å². The smallest absolute Gasteiger partial charge is 0.363 e. The van der Waals surface area contributed by atoms with Gasteiger partial charge in [-0.2, -0.15) is 0 Å². The molecule has 0 fully saturated rings. The van der Waals surface area contributed by atoms with Crippen molar-refractivity contribution in [2.75, 3.05) is 6.61 Å².